The third-order valence-corrected chi connectivity index (χ3v) is 25.3. The standard InChI is InChI=1S/C26H32N4O4.C24H20N4O3S.C24H24N2O5S.C23H18N4O2S/c1-18-7-5-6-8-21(18)24-16-23(22-10-9-20(33-3)15-25(22)34-4)27-30(24)26(32)17-28-11-13-29(14-12-28)19(2)31;1-30-21-8-6-15(13-22(21)31-2)18-14-20(28(27-18)24(29)23-4-3-11-32-23)16-5-7-17-19(12-16)26-10-9-25-17;1-28-19-11-10-15(13-21(19)30-3)17-14-18(16-7-5-8-20(29-2)23(16)31-4)26(25-17)24(27)22-9-6-12-32-22;1-29-17-7-4-15(5-8-17)19-14-21(27(26-19)23(28)22-3-2-12-30-22)16-6-9-18-20(13-16)25-11-10-24-18/h5-10,15,24H,11-14,16-17H2,1-4H3;3-13,20H,14H2,1-2H3;5-13,18H,14H2,1-4H3;2-13,21H,14H2,1H3/p+1. The molecule has 4 atom stereocenters. The molecule has 8 aromatic carbocycles. The van der Waals surface area contributed by atoms with Gasteiger partial charge in [0.2, 0.25) is 5.91 Å². The highest BCUT2D eigenvalue weighted by molar-refractivity contribution is 7.12. The first-order valence-corrected chi connectivity index (χ1v) is 43.9. The molecule has 5 amide bonds. The molecular formula is C97H95N14O14S3+. The number of methoxy groups -OCH3 is 9. The summed E-state index contributed by atoms with van der Waals surface area (Å²) in [6.45, 7) is 6.89. The van der Waals surface area contributed by atoms with Gasteiger partial charge in [-0.2, -0.15) is 20.4 Å². The lowest BCUT2D eigenvalue weighted by atomic mass is 9.95. The molecule has 1 saturated heterocycles. The van der Waals surface area contributed by atoms with Gasteiger partial charge >= 0.3 is 0 Å². The van der Waals surface area contributed by atoms with Crippen LogP contribution in [0.3, 0.4) is 0 Å². The molecule has 13 aromatic rings. The van der Waals surface area contributed by atoms with E-state index in [1.54, 1.807) is 117 Å². The second-order valence-corrected chi connectivity index (χ2v) is 32.9. The van der Waals surface area contributed by atoms with Crippen LogP contribution in [0.15, 0.2) is 255 Å². The number of carbonyl (C=O) groups is 5. The predicted octanol–water partition coefficient (Wildman–Crippen LogP) is 15.6. The van der Waals surface area contributed by atoms with Gasteiger partial charge < -0.3 is 52.4 Å². The second kappa shape index (κ2) is 40.8. The van der Waals surface area contributed by atoms with Crippen molar-refractivity contribution >= 4 is 108 Å². The lowest BCUT2D eigenvalue weighted by molar-refractivity contribution is -0.896. The van der Waals surface area contributed by atoms with Crippen molar-refractivity contribution in [2.45, 2.75) is 63.7 Å². The maximum Gasteiger partial charge on any atom is 0.298 e. The molecule has 18 rings (SSSR count). The molecule has 31 heteroatoms. The Kier molecular flexibility index (Phi) is 28.2. The summed E-state index contributed by atoms with van der Waals surface area (Å²) in [5.74, 6) is 5.54. The number of thiophene rings is 3. The van der Waals surface area contributed by atoms with E-state index in [2.05, 4.69) is 39.0 Å². The summed E-state index contributed by atoms with van der Waals surface area (Å²) in [5, 5.41) is 31.1. The number of para-hydroxylation sites is 1. The van der Waals surface area contributed by atoms with E-state index < -0.39 is 0 Å². The van der Waals surface area contributed by atoms with Crippen molar-refractivity contribution in [1.82, 2.24) is 44.9 Å². The monoisotopic (exact) mass is 1780 g/mol. The molecule has 0 radical (unpaired) electrons. The molecule has 0 saturated carbocycles. The van der Waals surface area contributed by atoms with Crippen molar-refractivity contribution in [3.8, 4) is 51.7 Å². The van der Waals surface area contributed by atoms with E-state index in [0.717, 1.165) is 114 Å². The van der Waals surface area contributed by atoms with E-state index in [4.69, 9.17) is 63.0 Å². The minimum Gasteiger partial charge on any atom is -0.497 e. The van der Waals surface area contributed by atoms with Crippen LogP contribution in [0, 0.1) is 6.92 Å². The van der Waals surface area contributed by atoms with Crippen LogP contribution in [-0.2, 0) is 9.59 Å². The normalized spacial score (nSPS) is 16.4. The van der Waals surface area contributed by atoms with E-state index >= 15 is 0 Å². The van der Waals surface area contributed by atoms with Gasteiger partial charge in [0.25, 0.3) is 23.6 Å². The van der Waals surface area contributed by atoms with Gasteiger partial charge in [0, 0.05) is 85.7 Å². The van der Waals surface area contributed by atoms with E-state index in [1.807, 2.05) is 197 Å². The molecule has 128 heavy (non-hydrogen) atoms. The number of aryl methyl sites for hydroxylation is 1. The fraction of sp³-hybridized carbons (Fsp3) is 0.247. The lowest BCUT2D eigenvalue weighted by Gasteiger charge is -2.32. The molecule has 28 nitrogen and oxygen atoms in total. The lowest BCUT2D eigenvalue weighted by Crippen LogP contribution is -3.15. The summed E-state index contributed by atoms with van der Waals surface area (Å²) in [7, 11) is 14.5. The number of nitrogens with one attached hydrogen (secondary N) is 1. The third kappa shape index (κ3) is 19.5. The van der Waals surface area contributed by atoms with E-state index in [9.17, 15) is 24.0 Å². The number of fused-ring (bicyclic) bond motifs is 2. The number of amides is 5. The van der Waals surface area contributed by atoms with Gasteiger partial charge in [-0.1, -0.05) is 66.7 Å². The zero-order valence-electron chi connectivity index (χ0n) is 72.4. The van der Waals surface area contributed by atoms with Gasteiger partial charge in [-0.15, -0.1) is 34.0 Å². The first kappa shape index (κ1) is 88.6. The minimum absolute atomic E-state index is 0.0120. The number of aromatic nitrogens is 4. The quantitative estimate of drug-likeness (QED) is 0.0659. The van der Waals surface area contributed by atoms with Crippen LogP contribution in [0.2, 0.25) is 0 Å². The van der Waals surface area contributed by atoms with Crippen LogP contribution in [0.1, 0.15) is 136 Å². The Balaban J connectivity index is 0.000000131. The van der Waals surface area contributed by atoms with Crippen molar-refractivity contribution in [3.63, 3.8) is 0 Å². The first-order valence-electron chi connectivity index (χ1n) is 41.2. The summed E-state index contributed by atoms with van der Waals surface area (Å²) in [5.41, 5.74) is 15.1. The topological polar surface area (TPSA) is 290 Å². The molecule has 654 valence electrons. The number of benzene rings is 8. The van der Waals surface area contributed by atoms with Crippen LogP contribution in [0.25, 0.3) is 22.1 Å². The fourth-order valence-corrected chi connectivity index (χ4v) is 18.0. The average Bonchev–Trinajstić information content (AvgIpc) is 1.59. The van der Waals surface area contributed by atoms with Crippen LogP contribution >= 0.6 is 34.0 Å². The predicted molar refractivity (Wildman–Crippen MR) is 493 cm³/mol. The summed E-state index contributed by atoms with van der Waals surface area (Å²) < 4.78 is 48.9. The minimum atomic E-state index is -0.349. The third-order valence-electron chi connectivity index (χ3n) is 22.7. The van der Waals surface area contributed by atoms with Crippen LogP contribution in [-0.4, -0.2) is 194 Å². The summed E-state index contributed by atoms with van der Waals surface area (Å²) in [6.07, 6.45) is 8.99. The summed E-state index contributed by atoms with van der Waals surface area (Å²) >= 11 is 4.21. The number of hydrogen-bond donors (Lipinski definition) is 1. The van der Waals surface area contributed by atoms with Gasteiger partial charge in [-0.25, -0.2) is 20.0 Å². The maximum absolute atomic E-state index is 13.5. The van der Waals surface area contributed by atoms with Gasteiger partial charge in [-0.05, 0) is 172 Å². The largest absolute Gasteiger partial charge is 0.497 e. The van der Waals surface area contributed by atoms with Gasteiger partial charge in [0.15, 0.2) is 41.0 Å². The van der Waals surface area contributed by atoms with Crippen molar-refractivity contribution in [3.05, 3.63) is 300 Å². The Bertz CT molecular complexity index is 6300. The molecule has 4 unspecified atom stereocenters. The molecule has 1 fully saturated rings. The Morgan fingerprint density at radius 3 is 1.28 bits per heavy atom. The highest BCUT2D eigenvalue weighted by Gasteiger charge is 2.41. The SMILES string of the molecule is COc1ccc(C2=NN(C(=O)C[NH+]3CCN(C(C)=O)CC3)C(c3ccccc3C)C2)c(OC)c1.COc1ccc(C2=NN(C(=O)c3cccs3)C(c3ccc4nccnc4c3)C2)cc1.COc1ccc(C2=NN(C(=O)c3cccs3)C(c3ccc4nccnc4c3)C2)cc1OC.COc1ccc(C2=NN(C(=O)c3cccs3)C(c3cccc(OC)c3OC)C2)cc1OC. The molecule has 0 aliphatic carbocycles. The van der Waals surface area contributed by atoms with Crippen molar-refractivity contribution < 1.29 is 71.5 Å². The van der Waals surface area contributed by atoms with Crippen LogP contribution in [0.4, 0.5) is 0 Å². The zero-order chi connectivity index (χ0) is 89.5. The average molecular weight is 1780 g/mol. The molecule has 0 spiro atoms. The van der Waals surface area contributed by atoms with Crippen LogP contribution < -0.4 is 47.5 Å². The Morgan fingerprint density at radius 1 is 0.375 bits per heavy atom. The molecule has 0 bridgehead atoms. The van der Waals surface area contributed by atoms with Gasteiger partial charge in [0.05, 0.1) is 174 Å². The molecular weight excluding hydrogens is 1680 g/mol. The highest BCUT2D eigenvalue weighted by atomic mass is 32.1. The molecule has 5 aromatic heterocycles. The number of carbonyl (C=O) groups excluding carboxylic acids is 5. The van der Waals surface area contributed by atoms with Crippen molar-refractivity contribution in [2.75, 3.05) is 96.7 Å². The van der Waals surface area contributed by atoms with Gasteiger partial charge in [-0.3, -0.25) is 43.9 Å². The molecule has 10 heterocycles. The number of hydrogen-bond acceptors (Lipinski definition) is 25. The Labute approximate surface area is 752 Å². The van der Waals surface area contributed by atoms with E-state index in [1.165, 1.54) is 43.9 Å². The Hall–Kier alpha value is -14.3. The second-order valence-electron chi connectivity index (χ2n) is 30.1. The number of rotatable bonds is 22. The summed E-state index contributed by atoms with van der Waals surface area (Å²) in [6, 6.07) is 60.4. The highest BCUT2D eigenvalue weighted by Crippen LogP contribution is 2.45. The van der Waals surface area contributed by atoms with E-state index in [0.29, 0.717) is 106 Å². The summed E-state index contributed by atoms with van der Waals surface area (Å²) in [4.78, 5) is 87.5. The molecule has 1 N–H and O–H groups in total. The number of ether oxygens (including phenoxy) is 9. The molecule has 5 aliphatic rings. The smallest absolute Gasteiger partial charge is 0.298 e. The fourth-order valence-electron chi connectivity index (χ4n) is 16.0. The van der Waals surface area contributed by atoms with Crippen molar-refractivity contribution in [2.24, 2.45) is 20.4 Å². The number of quaternary nitrogens is 1. The van der Waals surface area contributed by atoms with Gasteiger partial charge in [0.1, 0.15) is 17.2 Å². The Morgan fingerprint density at radius 2 is 0.812 bits per heavy atom. The number of nitrogens with zero attached hydrogens (tertiary/aromatic N) is 13. The van der Waals surface area contributed by atoms with Crippen LogP contribution in [0.5, 0.6) is 51.7 Å². The molecule has 5 aliphatic heterocycles. The number of piperazine rings is 1. The van der Waals surface area contributed by atoms with Crippen molar-refractivity contribution in [1.29, 1.82) is 0 Å². The maximum atomic E-state index is 13.5. The number of hydrazone groups is 4. The van der Waals surface area contributed by atoms with E-state index in [-0.39, 0.29) is 53.7 Å². The first-order chi connectivity index (χ1) is 62.4. The zero-order valence-corrected chi connectivity index (χ0v) is 74.9.